The van der Waals surface area contributed by atoms with Crippen LogP contribution in [0.1, 0.15) is 34.5 Å². The first kappa shape index (κ1) is 17.2. The maximum Gasteiger partial charge on any atom is 0.258 e. The summed E-state index contributed by atoms with van der Waals surface area (Å²) in [4.78, 5) is 25.8. The number of nitrogens with two attached hydrogens (primary N) is 2. The Morgan fingerprint density at radius 2 is 2.16 bits per heavy atom. The lowest BCUT2D eigenvalue weighted by Crippen LogP contribution is -2.39. The standard InChI is InChI=1S/C18H22N4O3/c19-9-15-8-13(11-25-15)18(24)21-14-4-1-3-12(7-14)10-22-6-2-5-16(22)17(20)23/h1,3-4,7-8,11,16H,2,5-6,9-10,19H2,(H2,20,23)(H,21,24). The highest BCUT2D eigenvalue weighted by Gasteiger charge is 2.28. The van der Waals surface area contributed by atoms with Crippen LogP contribution in [-0.2, 0) is 17.9 Å². The van der Waals surface area contributed by atoms with Crippen molar-refractivity contribution in [2.24, 2.45) is 11.5 Å². The average Bonchev–Trinajstić information content (AvgIpc) is 3.24. The Hall–Kier alpha value is -2.64. The van der Waals surface area contributed by atoms with E-state index in [1.165, 1.54) is 6.26 Å². The average molecular weight is 342 g/mol. The summed E-state index contributed by atoms with van der Waals surface area (Å²) < 4.78 is 5.18. The van der Waals surface area contributed by atoms with Crippen LogP contribution in [0.15, 0.2) is 41.0 Å². The number of furan rings is 1. The van der Waals surface area contributed by atoms with E-state index in [0.717, 1.165) is 24.9 Å². The number of carbonyl (C=O) groups excluding carboxylic acids is 2. The molecule has 1 unspecified atom stereocenters. The fraction of sp³-hybridized carbons (Fsp3) is 0.333. The molecule has 1 saturated heterocycles. The van der Waals surface area contributed by atoms with Gasteiger partial charge in [-0.25, -0.2) is 0 Å². The van der Waals surface area contributed by atoms with E-state index >= 15 is 0 Å². The smallest absolute Gasteiger partial charge is 0.258 e. The highest BCUT2D eigenvalue weighted by molar-refractivity contribution is 6.04. The van der Waals surface area contributed by atoms with Crippen molar-refractivity contribution in [2.45, 2.75) is 32.0 Å². The van der Waals surface area contributed by atoms with Gasteiger partial charge in [-0.05, 0) is 43.1 Å². The zero-order chi connectivity index (χ0) is 17.8. The van der Waals surface area contributed by atoms with Crippen LogP contribution in [-0.4, -0.2) is 29.3 Å². The van der Waals surface area contributed by atoms with Crippen LogP contribution in [0.4, 0.5) is 5.69 Å². The minimum Gasteiger partial charge on any atom is -0.467 e. The second-order valence-electron chi connectivity index (χ2n) is 6.19. The Bertz CT molecular complexity index is 771. The SMILES string of the molecule is NCc1cc(C(=O)Nc2cccc(CN3CCCC3C(N)=O)c2)co1. The second kappa shape index (κ2) is 7.50. The van der Waals surface area contributed by atoms with Gasteiger partial charge >= 0.3 is 0 Å². The fourth-order valence-corrected chi connectivity index (χ4v) is 3.13. The highest BCUT2D eigenvalue weighted by atomic mass is 16.3. The number of anilines is 1. The van der Waals surface area contributed by atoms with Crippen molar-refractivity contribution in [1.82, 2.24) is 4.90 Å². The molecular formula is C18H22N4O3. The Morgan fingerprint density at radius 3 is 2.88 bits per heavy atom. The molecule has 2 amide bonds. The molecule has 2 aromatic rings. The van der Waals surface area contributed by atoms with E-state index in [4.69, 9.17) is 15.9 Å². The topological polar surface area (TPSA) is 115 Å². The molecule has 1 aliphatic rings. The number of carbonyl (C=O) groups is 2. The summed E-state index contributed by atoms with van der Waals surface area (Å²) in [5.41, 5.74) is 13.1. The molecule has 3 rings (SSSR count). The zero-order valence-corrected chi connectivity index (χ0v) is 13.9. The van der Waals surface area contributed by atoms with Gasteiger partial charge in [-0.2, -0.15) is 0 Å². The molecule has 0 aliphatic carbocycles. The Labute approximate surface area is 146 Å². The van der Waals surface area contributed by atoms with Gasteiger partial charge in [0.2, 0.25) is 5.91 Å². The predicted octanol–water partition coefficient (Wildman–Crippen LogP) is 1.44. The maximum atomic E-state index is 12.3. The third-order valence-electron chi connectivity index (χ3n) is 4.38. The molecule has 0 spiro atoms. The number of nitrogens with one attached hydrogen (secondary N) is 1. The molecule has 1 aromatic heterocycles. The summed E-state index contributed by atoms with van der Waals surface area (Å²) in [5.74, 6) is 0.0276. The van der Waals surface area contributed by atoms with E-state index in [0.29, 0.717) is 23.6 Å². The molecule has 0 radical (unpaired) electrons. The van der Waals surface area contributed by atoms with Crippen molar-refractivity contribution < 1.29 is 14.0 Å². The molecular weight excluding hydrogens is 320 g/mol. The van der Waals surface area contributed by atoms with Crippen LogP contribution in [0.2, 0.25) is 0 Å². The molecule has 1 aliphatic heterocycles. The first-order valence-corrected chi connectivity index (χ1v) is 8.28. The number of rotatable bonds is 6. The van der Waals surface area contributed by atoms with Gasteiger partial charge in [0, 0.05) is 12.2 Å². The number of hydrogen-bond acceptors (Lipinski definition) is 5. The van der Waals surface area contributed by atoms with E-state index in [9.17, 15) is 9.59 Å². The van der Waals surface area contributed by atoms with E-state index in [2.05, 4.69) is 10.2 Å². The monoisotopic (exact) mass is 342 g/mol. The third-order valence-corrected chi connectivity index (χ3v) is 4.38. The Kier molecular flexibility index (Phi) is 5.16. The summed E-state index contributed by atoms with van der Waals surface area (Å²) in [6, 6.07) is 8.98. The number of likely N-dealkylation sites (tertiary alicyclic amines) is 1. The molecule has 132 valence electrons. The highest BCUT2D eigenvalue weighted by Crippen LogP contribution is 2.21. The largest absolute Gasteiger partial charge is 0.467 e. The minimum absolute atomic E-state index is 0.209. The molecule has 1 fully saturated rings. The van der Waals surface area contributed by atoms with E-state index < -0.39 is 0 Å². The summed E-state index contributed by atoms with van der Waals surface area (Å²) >= 11 is 0. The lowest BCUT2D eigenvalue weighted by atomic mass is 10.1. The molecule has 2 heterocycles. The van der Waals surface area contributed by atoms with Crippen LogP contribution < -0.4 is 16.8 Å². The summed E-state index contributed by atoms with van der Waals surface area (Å²) in [6.45, 7) is 1.72. The van der Waals surface area contributed by atoms with Crippen LogP contribution in [0.25, 0.3) is 0 Å². The first-order chi connectivity index (χ1) is 12.1. The Morgan fingerprint density at radius 1 is 1.32 bits per heavy atom. The molecule has 0 saturated carbocycles. The predicted molar refractivity (Wildman–Crippen MR) is 93.6 cm³/mol. The Balaban J connectivity index is 1.67. The minimum atomic E-state index is -0.280. The van der Waals surface area contributed by atoms with Gasteiger partial charge in [-0.1, -0.05) is 12.1 Å². The van der Waals surface area contributed by atoms with E-state index in [1.807, 2.05) is 24.3 Å². The number of nitrogens with zero attached hydrogens (tertiary/aromatic N) is 1. The molecule has 7 heteroatoms. The normalized spacial score (nSPS) is 17.6. The van der Waals surface area contributed by atoms with Crippen molar-refractivity contribution >= 4 is 17.5 Å². The van der Waals surface area contributed by atoms with Crippen molar-refractivity contribution in [3.8, 4) is 0 Å². The lowest BCUT2D eigenvalue weighted by molar-refractivity contribution is -0.122. The first-order valence-electron chi connectivity index (χ1n) is 8.28. The zero-order valence-electron chi connectivity index (χ0n) is 13.9. The van der Waals surface area contributed by atoms with Gasteiger partial charge in [-0.3, -0.25) is 14.5 Å². The summed E-state index contributed by atoms with van der Waals surface area (Å²) in [5, 5.41) is 2.85. The molecule has 7 nitrogen and oxygen atoms in total. The maximum absolute atomic E-state index is 12.3. The van der Waals surface area contributed by atoms with Gasteiger partial charge < -0.3 is 21.2 Å². The van der Waals surface area contributed by atoms with Crippen molar-refractivity contribution in [3.63, 3.8) is 0 Å². The number of hydrogen-bond donors (Lipinski definition) is 3. The molecule has 0 bridgehead atoms. The molecule has 25 heavy (non-hydrogen) atoms. The van der Waals surface area contributed by atoms with Gasteiger partial charge in [-0.15, -0.1) is 0 Å². The van der Waals surface area contributed by atoms with Gasteiger partial charge in [0.15, 0.2) is 0 Å². The van der Waals surface area contributed by atoms with Gasteiger partial charge in [0.05, 0.1) is 18.2 Å². The van der Waals surface area contributed by atoms with Gasteiger partial charge in [0.1, 0.15) is 12.0 Å². The van der Waals surface area contributed by atoms with Crippen LogP contribution in [0, 0.1) is 0 Å². The van der Waals surface area contributed by atoms with Crippen LogP contribution in [0.3, 0.4) is 0 Å². The van der Waals surface area contributed by atoms with Crippen molar-refractivity contribution in [1.29, 1.82) is 0 Å². The third kappa shape index (κ3) is 4.07. The fourth-order valence-electron chi connectivity index (χ4n) is 3.13. The molecule has 1 aromatic carbocycles. The summed E-state index contributed by atoms with van der Waals surface area (Å²) in [7, 11) is 0. The number of benzene rings is 1. The number of primary amides is 1. The van der Waals surface area contributed by atoms with E-state index in [-0.39, 0.29) is 24.4 Å². The van der Waals surface area contributed by atoms with Crippen LogP contribution >= 0.6 is 0 Å². The molecule has 1 atom stereocenters. The van der Waals surface area contributed by atoms with Crippen LogP contribution in [0.5, 0.6) is 0 Å². The number of amides is 2. The van der Waals surface area contributed by atoms with Crippen molar-refractivity contribution in [3.05, 3.63) is 53.5 Å². The van der Waals surface area contributed by atoms with Crippen molar-refractivity contribution in [2.75, 3.05) is 11.9 Å². The summed E-state index contributed by atoms with van der Waals surface area (Å²) in [6.07, 6.45) is 3.16. The van der Waals surface area contributed by atoms with E-state index in [1.54, 1.807) is 6.07 Å². The quantitative estimate of drug-likeness (QED) is 0.735. The lowest BCUT2D eigenvalue weighted by Gasteiger charge is -2.22. The van der Waals surface area contributed by atoms with Gasteiger partial charge in [0.25, 0.3) is 5.91 Å². The second-order valence-corrected chi connectivity index (χ2v) is 6.19. The molecule has 5 N–H and O–H groups in total.